The maximum atomic E-state index is 12.5. The molecule has 3 rings (SSSR count). The third-order valence-electron chi connectivity index (χ3n) is 4.53. The van der Waals surface area contributed by atoms with E-state index in [2.05, 4.69) is 11.8 Å². The number of amides is 1. The van der Waals surface area contributed by atoms with Gasteiger partial charge in [0.25, 0.3) is 0 Å². The third-order valence-corrected chi connectivity index (χ3v) is 5.99. The molecule has 0 radical (unpaired) electrons. The van der Waals surface area contributed by atoms with Gasteiger partial charge in [0.1, 0.15) is 0 Å². The highest BCUT2D eigenvalue weighted by Gasteiger charge is 2.22. The molecule has 0 bridgehead atoms. The number of hydrogen-bond donors (Lipinski definition) is 0. The standard InChI is InChI=1S/C20H22Cl2N2OS/c1-15-5-6-18(22)12-19(15)23-7-9-24(10-8-23)20(25)14-26-13-16-3-2-4-17(21)11-16/h2-6,11-12H,7-10,13-14H2,1H3. The van der Waals surface area contributed by atoms with E-state index >= 15 is 0 Å². The number of piperazine rings is 1. The average molecular weight is 409 g/mol. The first-order valence-corrected chi connectivity index (χ1v) is 10.5. The Balaban J connectivity index is 1.47. The lowest BCUT2D eigenvalue weighted by Crippen LogP contribution is -2.49. The van der Waals surface area contributed by atoms with Gasteiger partial charge in [-0.3, -0.25) is 4.79 Å². The molecular weight excluding hydrogens is 387 g/mol. The van der Waals surface area contributed by atoms with Gasteiger partial charge in [-0.2, -0.15) is 0 Å². The van der Waals surface area contributed by atoms with E-state index in [9.17, 15) is 4.79 Å². The highest BCUT2D eigenvalue weighted by atomic mass is 35.5. The van der Waals surface area contributed by atoms with Gasteiger partial charge in [0, 0.05) is 47.7 Å². The Morgan fingerprint density at radius 3 is 2.50 bits per heavy atom. The van der Waals surface area contributed by atoms with E-state index in [1.807, 2.05) is 47.4 Å². The lowest BCUT2D eigenvalue weighted by molar-refractivity contribution is -0.128. The Morgan fingerprint density at radius 1 is 1.04 bits per heavy atom. The van der Waals surface area contributed by atoms with Crippen molar-refractivity contribution in [1.82, 2.24) is 4.90 Å². The Bertz CT molecular complexity index is 776. The van der Waals surface area contributed by atoms with Gasteiger partial charge in [0.2, 0.25) is 5.91 Å². The van der Waals surface area contributed by atoms with Crippen LogP contribution in [0.5, 0.6) is 0 Å². The molecule has 2 aromatic rings. The van der Waals surface area contributed by atoms with Crippen LogP contribution < -0.4 is 4.90 Å². The van der Waals surface area contributed by atoms with Gasteiger partial charge in [0.05, 0.1) is 5.75 Å². The molecule has 0 saturated carbocycles. The quantitative estimate of drug-likeness (QED) is 0.703. The van der Waals surface area contributed by atoms with Crippen LogP contribution in [0.4, 0.5) is 5.69 Å². The monoisotopic (exact) mass is 408 g/mol. The van der Waals surface area contributed by atoms with Crippen LogP contribution in [0.1, 0.15) is 11.1 Å². The van der Waals surface area contributed by atoms with Gasteiger partial charge in [0.15, 0.2) is 0 Å². The number of aryl methyl sites for hydroxylation is 1. The summed E-state index contributed by atoms with van der Waals surface area (Å²) < 4.78 is 0. The van der Waals surface area contributed by atoms with Crippen molar-refractivity contribution in [1.29, 1.82) is 0 Å². The number of rotatable bonds is 5. The number of halogens is 2. The molecule has 0 atom stereocenters. The molecule has 1 heterocycles. The number of benzene rings is 2. The van der Waals surface area contributed by atoms with E-state index in [0.717, 1.165) is 47.5 Å². The first-order valence-electron chi connectivity index (χ1n) is 8.64. The van der Waals surface area contributed by atoms with Gasteiger partial charge in [-0.15, -0.1) is 11.8 Å². The van der Waals surface area contributed by atoms with E-state index in [1.165, 1.54) is 11.3 Å². The minimum atomic E-state index is 0.208. The van der Waals surface area contributed by atoms with Crippen LogP contribution in [-0.2, 0) is 10.5 Å². The number of carbonyl (C=O) groups is 1. The molecule has 0 N–H and O–H groups in total. The van der Waals surface area contributed by atoms with Gasteiger partial charge >= 0.3 is 0 Å². The van der Waals surface area contributed by atoms with Gasteiger partial charge in [-0.05, 0) is 42.3 Å². The van der Waals surface area contributed by atoms with Gasteiger partial charge in [-0.1, -0.05) is 41.4 Å². The first kappa shape index (κ1) is 19.4. The number of thioether (sulfide) groups is 1. The zero-order chi connectivity index (χ0) is 18.5. The van der Waals surface area contributed by atoms with Crippen molar-refractivity contribution in [2.75, 3.05) is 36.8 Å². The second-order valence-electron chi connectivity index (χ2n) is 6.42. The fraction of sp³-hybridized carbons (Fsp3) is 0.350. The molecule has 1 aliphatic heterocycles. The predicted octanol–water partition coefficient (Wildman–Crippen LogP) is 4.88. The van der Waals surface area contributed by atoms with E-state index in [0.29, 0.717) is 5.75 Å². The third kappa shape index (κ3) is 5.09. The zero-order valence-electron chi connectivity index (χ0n) is 14.8. The Hall–Kier alpha value is -1.36. The van der Waals surface area contributed by atoms with Crippen molar-refractivity contribution in [2.45, 2.75) is 12.7 Å². The number of hydrogen-bond acceptors (Lipinski definition) is 3. The second-order valence-corrected chi connectivity index (χ2v) is 8.28. The van der Waals surface area contributed by atoms with E-state index in [-0.39, 0.29) is 5.91 Å². The molecule has 1 aliphatic rings. The normalized spacial score (nSPS) is 14.6. The van der Waals surface area contributed by atoms with E-state index < -0.39 is 0 Å². The molecule has 138 valence electrons. The van der Waals surface area contributed by atoms with Crippen LogP contribution in [0.25, 0.3) is 0 Å². The maximum absolute atomic E-state index is 12.5. The molecular formula is C20H22Cl2N2OS. The predicted molar refractivity (Wildman–Crippen MR) is 113 cm³/mol. The van der Waals surface area contributed by atoms with Crippen molar-refractivity contribution < 1.29 is 4.79 Å². The van der Waals surface area contributed by atoms with Crippen LogP contribution in [0.3, 0.4) is 0 Å². The maximum Gasteiger partial charge on any atom is 0.232 e. The van der Waals surface area contributed by atoms with Crippen molar-refractivity contribution >= 4 is 46.6 Å². The van der Waals surface area contributed by atoms with Crippen LogP contribution in [-0.4, -0.2) is 42.7 Å². The summed E-state index contributed by atoms with van der Waals surface area (Å²) in [6.45, 7) is 5.28. The molecule has 1 fully saturated rings. The summed E-state index contributed by atoms with van der Waals surface area (Å²) in [6, 6.07) is 13.8. The second kappa shape index (κ2) is 9.03. The van der Waals surface area contributed by atoms with Crippen LogP contribution in [0.15, 0.2) is 42.5 Å². The highest BCUT2D eigenvalue weighted by molar-refractivity contribution is 7.99. The molecule has 6 heteroatoms. The van der Waals surface area contributed by atoms with Gasteiger partial charge < -0.3 is 9.80 Å². The fourth-order valence-corrected chi connectivity index (χ4v) is 4.35. The minimum absolute atomic E-state index is 0.208. The summed E-state index contributed by atoms with van der Waals surface area (Å²) in [5.74, 6) is 1.51. The molecule has 0 aliphatic carbocycles. The molecule has 1 saturated heterocycles. The molecule has 1 amide bonds. The first-order chi connectivity index (χ1) is 12.5. The lowest BCUT2D eigenvalue weighted by Gasteiger charge is -2.37. The summed E-state index contributed by atoms with van der Waals surface area (Å²) in [7, 11) is 0. The van der Waals surface area contributed by atoms with Crippen molar-refractivity contribution in [3.05, 3.63) is 63.6 Å². The number of anilines is 1. The molecule has 26 heavy (non-hydrogen) atoms. The van der Waals surface area contributed by atoms with Crippen molar-refractivity contribution in [3.63, 3.8) is 0 Å². The summed E-state index contributed by atoms with van der Waals surface area (Å²) in [5, 5.41) is 1.49. The van der Waals surface area contributed by atoms with Crippen LogP contribution in [0.2, 0.25) is 10.0 Å². The Labute approximate surface area is 169 Å². The lowest BCUT2D eigenvalue weighted by atomic mass is 10.1. The topological polar surface area (TPSA) is 23.6 Å². The van der Waals surface area contributed by atoms with E-state index in [1.54, 1.807) is 11.8 Å². The molecule has 0 spiro atoms. The van der Waals surface area contributed by atoms with Crippen LogP contribution in [0, 0.1) is 6.92 Å². The Morgan fingerprint density at radius 2 is 1.77 bits per heavy atom. The number of carbonyl (C=O) groups excluding carboxylic acids is 1. The van der Waals surface area contributed by atoms with Crippen LogP contribution >= 0.6 is 35.0 Å². The molecule has 0 aromatic heterocycles. The summed E-state index contributed by atoms with van der Waals surface area (Å²) in [4.78, 5) is 16.7. The van der Waals surface area contributed by atoms with Crippen molar-refractivity contribution in [3.8, 4) is 0 Å². The number of nitrogens with zero attached hydrogens (tertiary/aromatic N) is 2. The average Bonchev–Trinajstić information content (AvgIpc) is 2.64. The Kier molecular flexibility index (Phi) is 6.74. The zero-order valence-corrected chi connectivity index (χ0v) is 17.1. The summed E-state index contributed by atoms with van der Waals surface area (Å²) in [5.41, 5.74) is 3.53. The van der Waals surface area contributed by atoms with Gasteiger partial charge in [-0.25, -0.2) is 0 Å². The summed E-state index contributed by atoms with van der Waals surface area (Å²) in [6.07, 6.45) is 0. The fourth-order valence-electron chi connectivity index (χ4n) is 3.09. The molecule has 2 aromatic carbocycles. The smallest absolute Gasteiger partial charge is 0.232 e. The van der Waals surface area contributed by atoms with E-state index in [4.69, 9.17) is 23.2 Å². The largest absolute Gasteiger partial charge is 0.368 e. The highest BCUT2D eigenvalue weighted by Crippen LogP contribution is 2.25. The summed E-state index contributed by atoms with van der Waals surface area (Å²) >= 11 is 13.8. The molecule has 3 nitrogen and oxygen atoms in total. The van der Waals surface area contributed by atoms with Crippen molar-refractivity contribution in [2.24, 2.45) is 0 Å². The molecule has 0 unspecified atom stereocenters. The minimum Gasteiger partial charge on any atom is -0.368 e. The SMILES string of the molecule is Cc1ccc(Cl)cc1N1CCN(C(=O)CSCc2cccc(Cl)c2)CC1.